The van der Waals surface area contributed by atoms with Crippen molar-refractivity contribution < 1.29 is 28.5 Å². The van der Waals surface area contributed by atoms with Crippen LogP contribution in [-0.4, -0.2) is 55.3 Å². The van der Waals surface area contributed by atoms with Crippen LogP contribution in [0.4, 0.5) is 10.6 Å². The zero-order chi connectivity index (χ0) is 20.3. The van der Waals surface area contributed by atoms with Gasteiger partial charge in [0.05, 0.1) is 47.1 Å². The third-order valence-electron chi connectivity index (χ3n) is 4.35. The summed E-state index contributed by atoms with van der Waals surface area (Å²) in [6, 6.07) is 3.04. The van der Waals surface area contributed by atoms with Gasteiger partial charge in [-0.2, -0.15) is 0 Å². The maximum atomic E-state index is 12.6. The number of nitrogens with zero attached hydrogens (tertiary/aromatic N) is 3. The number of amides is 2. The quantitative estimate of drug-likeness (QED) is 0.746. The van der Waals surface area contributed by atoms with E-state index in [9.17, 15) is 9.59 Å². The summed E-state index contributed by atoms with van der Waals surface area (Å²) in [4.78, 5) is 34.1. The van der Waals surface area contributed by atoms with Crippen molar-refractivity contribution >= 4 is 17.8 Å². The molecule has 2 amide bonds. The van der Waals surface area contributed by atoms with Crippen molar-refractivity contribution in [1.29, 1.82) is 0 Å². The van der Waals surface area contributed by atoms with Gasteiger partial charge in [0.2, 0.25) is 0 Å². The number of ether oxygens (including phenoxy) is 4. The Labute approximate surface area is 161 Å². The lowest BCUT2D eigenvalue weighted by molar-refractivity contribution is 0.0591. The Morgan fingerprint density at radius 3 is 2.36 bits per heavy atom. The summed E-state index contributed by atoms with van der Waals surface area (Å²) < 4.78 is 20.9. The average Bonchev–Trinajstić information content (AvgIpc) is 2.73. The fourth-order valence-corrected chi connectivity index (χ4v) is 2.94. The molecule has 10 heteroatoms. The van der Waals surface area contributed by atoms with E-state index in [2.05, 4.69) is 15.3 Å². The molecule has 1 aliphatic heterocycles. The highest BCUT2D eigenvalue weighted by atomic mass is 16.5. The maximum Gasteiger partial charge on any atom is 0.357 e. The number of esters is 1. The van der Waals surface area contributed by atoms with Crippen LogP contribution < -0.4 is 19.5 Å². The Hall–Kier alpha value is -3.56. The minimum atomic E-state index is -0.602. The van der Waals surface area contributed by atoms with Gasteiger partial charge in [0.15, 0.2) is 5.69 Å². The van der Waals surface area contributed by atoms with E-state index in [0.717, 1.165) is 0 Å². The van der Waals surface area contributed by atoms with Crippen molar-refractivity contribution in [2.45, 2.75) is 13.1 Å². The highest BCUT2D eigenvalue weighted by molar-refractivity contribution is 5.96. The molecule has 1 aliphatic rings. The van der Waals surface area contributed by atoms with Gasteiger partial charge in [0.25, 0.3) is 0 Å². The zero-order valence-corrected chi connectivity index (χ0v) is 15.9. The number of hydrogen-bond acceptors (Lipinski definition) is 8. The molecular formula is C18H20N4O6. The molecule has 0 bridgehead atoms. The summed E-state index contributed by atoms with van der Waals surface area (Å²) in [5.41, 5.74) is 1.23. The number of benzene rings is 1. The van der Waals surface area contributed by atoms with Gasteiger partial charge in [-0.3, -0.25) is 5.32 Å². The highest BCUT2D eigenvalue weighted by Crippen LogP contribution is 2.36. The number of aromatic nitrogens is 2. The summed E-state index contributed by atoms with van der Waals surface area (Å²) in [5, 5.41) is 2.67. The second-order valence-corrected chi connectivity index (χ2v) is 5.84. The number of methoxy groups -OCH3 is 4. The van der Waals surface area contributed by atoms with E-state index in [4.69, 9.17) is 18.9 Å². The van der Waals surface area contributed by atoms with E-state index >= 15 is 0 Å². The fraction of sp³-hybridized carbons (Fsp3) is 0.333. The van der Waals surface area contributed by atoms with Crippen LogP contribution in [0.2, 0.25) is 0 Å². The van der Waals surface area contributed by atoms with Gasteiger partial charge >= 0.3 is 12.0 Å². The SMILES string of the molecule is COC(=O)c1ncnc2c1CN(Cc1c(OC)cc(OC)cc1OC)C(=O)N2. The Bertz CT molecular complexity index is 892. The summed E-state index contributed by atoms with van der Waals surface area (Å²) in [6.45, 7) is 0.280. The molecule has 0 saturated heterocycles. The van der Waals surface area contributed by atoms with Gasteiger partial charge in [0, 0.05) is 17.7 Å². The zero-order valence-electron chi connectivity index (χ0n) is 15.9. The topological polar surface area (TPSA) is 112 Å². The smallest absolute Gasteiger partial charge is 0.357 e. The fourth-order valence-electron chi connectivity index (χ4n) is 2.94. The number of anilines is 1. The van der Waals surface area contributed by atoms with Crippen molar-refractivity contribution in [3.8, 4) is 17.2 Å². The van der Waals surface area contributed by atoms with Gasteiger partial charge < -0.3 is 23.8 Å². The second kappa shape index (κ2) is 7.99. The Kier molecular flexibility index (Phi) is 5.48. The molecule has 0 aliphatic carbocycles. The molecule has 2 heterocycles. The van der Waals surface area contributed by atoms with Crippen molar-refractivity contribution in [1.82, 2.24) is 14.9 Å². The van der Waals surface area contributed by atoms with Crippen molar-refractivity contribution in [3.63, 3.8) is 0 Å². The standard InChI is InChI=1S/C18H20N4O6/c1-25-10-5-13(26-2)11(14(6-10)27-3)7-22-8-12-15(17(23)28-4)19-9-20-16(12)21-18(22)24/h5-6,9H,7-8H2,1-4H3,(H,19,20,21,24). The van der Waals surface area contributed by atoms with Gasteiger partial charge in [-0.25, -0.2) is 19.6 Å². The minimum Gasteiger partial charge on any atom is -0.496 e. The lowest BCUT2D eigenvalue weighted by Gasteiger charge is -2.30. The van der Waals surface area contributed by atoms with Crippen molar-refractivity contribution in [2.75, 3.05) is 33.8 Å². The molecule has 10 nitrogen and oxygen atoms in total. The Balaban J connectivity index is 1.97. The lowest BCUT2D eigenvalue weighted by Crippen LogP contribution is -2.39. The Morgan fingerprint density at radius 2 is 1.79 bits per heavy atom. The van der Waals surface area contributed by atoms with E-state index in [-0.39, 0.29) is 30.6 Å². The molecule has 0 unspecified atom stereocenters. The number of urea groups is 1. The second-order valence-electron chi connectivity index (χ2n) is 5.84. The van der Waals surface area contributed by atoms with Crippen LogP contribution in [0, 0.1) is 0 Å². The van der Waals surface area contributed by atoms with Crippen LogP contribution in [0.25, 0.3) is 0 Å². The Morgan fingerprint density at radius 1 is 1.11 bits per heavy atom. The van der Waals surface area contributed by atoms with Crippen LogP contribution in [0.5, 0.6) is 17.2 Å². The molecule has 3 rings (SSSR count). The molecule has 2 aromatic rings. The van der Waals surface area contributed by atoms with Crippen molar-refractivity contribution in [3.05, 3.63) is 35.3 Å². The van der Waals surface area contributed by atoms with Gasteiger partial charge in [0.1, 0.15) is 29.4 Å². The van der Waals surface area contributed by atoms with E-state index < -0.39 is 5.97 Å². The van der Waals surface area contributed by atoms with E-state index in [1.807, 2.05) is 0 Å². The summed E-state index contributed by atoms with van der Waals surface area (Å²) in [7, 11) is 5.85. The molecule has 28 heavy (non-hydrogen) atoms. The summed E-state index contributed by atoms with van der Waals surface area (Å²) in [5.74, 6) is 1.26. The first-order valence-electron chi connectivity index (χ1n) is 8.29. The minimum absolute atomic E-state index is 0.103. The monoisotopic (exact) mass is 388 g/mol. The molecule has 1 N–H and O–H groups in total. The van der Waals surface area contributed by atoms with Crippen LogP contribution in [-0.2, 0) is 17.8 Å². The van der Waals surface area contributed by atoms with Crippen LogP contribution in [0.1, 0.15) is 21.6 Å². The van der Waals surface area contributed by atoms with Crippen LogP contribution >= 0.6 is 0 Å². The van der Waals surface area contributed by atoms with Gasteiger partial charge in [-0.1, -0.05) is 0 Å². The molecule has 1 aromatic carbocycles. The molecular weight excluding hydrogens is 368 g/mol. The highest BCUT2D eigenvalue weighted by Gasteiger charge is 2.30. The molecule has 148 valence electrons. The number of carbonyl (C=O) groups is 2. The molecule has 0 fully saturated rings. The molecule has 0 radical (unpaired) electrons. The molecule has 0 spiro atoms. The molecule has 1 aromatic heterocycles. The first-order valence-corrected chi connectivity index (χ1v) is 8.29. The number of carbonyl (C=O) groups excluding carboxylic acids is 2. The van der Waals surface area contributed by atoms with Crippen LogP contribution in [0.15, 0.2) is 18.5 Å². The third kappa shape index (κ3) is 3.48. The number of fused-ring (bicyclic) bond motifs is 1. The normalized spacial score (nSPS) is 12.7. The predicted molar refractivity (Wildman–Crippen MR) is 97.7 cm³/mol. The van der Waals surface area contributed by atoms with E-state index in [0.29, 0.717) is 28.4 Å². The number of hydrogen-bond donors (Lipinski definition) is 1. The number of nitrogens with one attached hydrogen (secondary N) is 1. The van der Waals surface area contributed by atoms with Gasteiger partial charge in [-0.15, -0.1) is 0 Å². The largest absolute Gasteiger partial charge is 0.496 e. The third-order valence-corrected chi connectivity index (χ3v) is 4.35. The van der Waals surface area contributed by atoms with Gasteiger partial charge in [-0.05, 0) is 0 Å². The predicted octanol–water partition coefficient (Wildman–Crippen LogP) is 1.84. The maximum absolute atomic E-state index is 12.6. The van der Waals surface area contributed by atoms with E-state index in [1.165, 1.54) is 39.7 Å². The lowest BCUT2D eigenvalue weighted by atomic mass is 10.1. The molecule has 0 atom stereocenters. The average molecular weight is 388 g/mol. The first-order chi connectivity index (χ1) is 13.5. The number of rotatable bonds is 6. The van der Waals surface area contributed by atoms with E-state index in [1.54, 1.807) is 12.1 Å². The molecule has 0 saturated carbocycles. The van der Waals surface area contributed by atoms with Crippen molar-refractivity contribution in [2.24, 2.45) is 0 Å². The van der Waals surface area contributed by atoms with Crippen LogP contribution in [0.3, 0.4) is 0 Å². The summed E-state index contributed by atoms with van der Waals surface area (Å²) >= 11 is 0. The first kappa shape index (κ1) is 19.2. The summed E-state index contributed by atoms with van der Waals surface area (Å²) in [6.07, 6.45) is 1.20.